The fourth-order valence-electron chi connectivity index (χ4n) is 9.81. The fraction of sp³-hybridized carbons (Fsp3) is 0.871. The topological polar surface area (TPSA) is 87.9 Å². The quantitative estimate of drug-likeness (QED) is 0.359. The third-order valence-electron chi connectivity index (χ3n) is 11.6. The molecule has 4 fully saturated rings. The molecule has 0 bridgehead atoms. The number of esters is 2. The van der Waals surface area contributed by atoms with Gasteiger partial charge in [-0.2, -0.15) is 0 Å². The van der Waals surface area contributed by atoms with E-state index in [1.54, 1.807) is 5.57 Å². The highest BCUT2D eigenvalue weighted by molar-refractivity contribution is 5.71. The van der Waals surface area contributed by atoms with E-state index >= 15 is 0 Å². The van der Waals surface area contributed by atoms with Gasteiger partial charge in [-0.25, -0.2) is 0 Å². The molecule has 6 heteroatoms. The first-order chi connectivity index (χ1) is 17.6. The maximum absolute atomic E-state index is 11.5. The van der Waals surface area contributed by atoms with E-state index in [0.29, 0.717) is 42.0 Å². The molecule has 0 aromatic rings. The predicted octanol–water partition coefficient (Wildman–Crippen LogP) is 5.43. The van der Waals surface area contributed by atoms with Crippen molar-refractivity contribution in [1.29, 1.82) is 0 Å². The van der Waals surface area contributed by atoms with E-state index in [4.69, 9.17) is 19.9 Å². The normalized spacial score (nSPS) is 45.1. The van der Waals surface area contributed by atoms with Crippen LogP contribution in [0.15, 0.2) is 11.6 Å². The van der Waals surface area contributed by atoms with Gasteiger partial charge in [0, 0.05) is 13.3 Å². The number of fused-ring (bicyclic) bond motifs is 7. The van der Waals surface area contributed by atoms with Crippen molar-refractivity contribution in [1.82, 2.24) is 0 Å². The van der Waals surface area contributed by atoms with Crippen molar-refractivity contribution in [3.05, 3.63) is 11.6 Å². The first-order valence-electron chi connectivity index (χ1n) is 14.9. The summed E-state index contributed by atoms with van der Waals surface area (Å²) in [5.41, 5.74) is 7.54. The number of carbonyl (C=O) groups excluding carboxylic acids is 2. The summed E-state index contributed by atoms with van der Waals surface area (Å²) >= 11 is 0. The van der Waals surface area contributed by atoms with Crippen LogP contribution >= 0.6 is 0 Å². The second-order valence-electron chi connectivity index (χ2n) is 13.7. The minimum atomic E-state index is -0.322. The first kappa shape index (κ1) is 27.2. The second-order valence-corrected chi connectivity index (χ2v) is 13.7. The van der Waals surface area contributed by atoms with Gasteiger partial charge >= 0.3 is 11.9 Å². The summed E-state index contributed by atoms with van der Waals surface area (Å²) < 4.78 is 17.7. The number of hydrogen-bond acceptors (Lipinski definition) is 6. The molecule has 0 radical (unpaired) electrons. The van der Waals surface area contributed by atoms with Gasteiger partial charge in [0.15, 0.2) is 0 Å². The summed E-state index contributed by atoms with van der Waals surface area (Å²) in [5, 5.41) is 0. The van der Waals surface area contributed by atoms with Crippen LogP contribution in [0.2, 0.25) is 0 Å². The van der Waals surface area contributed by atoms with Gasteiger partial charge in [-0.05, 0) is 97.7 Å². The molecule has 6 nitrogen and oxygen atoms in total. The van der Waals surface area contributed by atoms with Gasteiger partial charge in [-0.15, -0.1) is 0 Å². The standard InChI is InChI=1S/C31H49NO5/c1-18(17-35-28(34)16-32)6-9-26-19(2)29-27(37-26)15-25-23-8-7-21-14-22(36-20(3)33)10-12-30(21,4)24(23)11-13-31(25,29)5/h7,18-19,22-27,29H,6,8-17,32H2,1-5H3/t18-,19-,22+,23-,24+,25+,26-,27+,29+,30+,31+/m1/s1. The van der Waals surface area contributed by atoms with E-state index in [1.807, 2.05) is 0 Å². The maximum atomic E-state index is 11.5. The molecule has 4 aliphatic carbocycles. The Labute approximate surface area is 223 Å². The van der Waals surface area contributed by atoms with Crippen LogP contribution in [0.4, 0.5) is 0 Å². The summed E-state index contributed by atoms with van der Waals surface area (Å²) in [4.78, 5) is 22.9. The van der Waals surface area contributed by atoms with E-state index < -0.39 is 0 Å². The molecular weight excluding hydrogens is 466 g/mol. The summed E-state index contributed by atoms with van der Waals surface area (Å²) in [7, 11) is 0. The zero-order valence-corrected chi connectivity index (χ0v) is 23.7. The fourth-order valence-corrected chi connectivity index (χ4v) is 9.81. The Bertz CT molecular complexity index is 917. The summed E-state index contributed by atoms with van der Waals surface area (Å²) in [5.74, 6) is 3.29. The van der Waals surface area contributed by atoms with Gasteiger partial charge in [0.1, 0.15) is 6.10 Å². The predicted molar refractivity (Wildman–Crippen MR) is 142 cm³/mol. The van der Waals surface area contributed by atoms with Gasteiger partial charge in [-0.3, -0.25) is 9.59 Å². The number of carbonyl (C=O) groups is 2. The number of ether oxygens (including phenoxy) is 3. The van der Waals surface area contributed by atoms with Crippen molar-refractivity contribution < 1.29 is 23.8 Å². The molecule has 0 unspecified atom stereocenters. The SMILES string of the molecule is CC(=O)O[C@H]1CC[C@@]2(C)C(=CC[C@H]3[C@@H]4C[C@@H]5O[C@H](CC[C@@H](C)COC(=O)CN)[C@@H](C)[C@@H]5[C@@]4(C)CC[C@@H]32)C1. The van der Waals surface area contributed by atoms with Crippen molar-refractivity contribution in [2.24, 2.45) is 52.1 Å². The van der Waals surface area contributed by atoms with Crippen LogP contribution in [-0.2, 0) is 23.8 Å². The molecule has 5 rings (SSSR count). The monoisotopic (exact) mass is 515 g/mol. The van der Waals surface area contributed by atoms with Crippen LogP contribution in [-0.4, -0.2) is 43.4 Å². The van der Waals surface area contributed by atoms with Crippen LogP contribution in [0.25, 0.3) is 0 Å². The Morgan fingerprint density at radius 3 is 2.73 bits per heavy atom. The molecule has 11 atom stereocenters. The average Bonchev–Trinajstić information content (AvgIpc) is 3.34. The van der Waals surface area contributed by atoms with Crippen molar-refractivity contribution in [2.45, 2.75) is 111 Å². The lowest BCUT2D eigenvalue weighted by Crippen LogP contribution is -2.51. The van der Waals surface area contributed by atoms with Crippen LogP contribution in [0.5, 0.6) is 0 Å². The largest absolute Gasteiger partial charge is 0.464 e. The molecule has 0 aromatic carbocycles. The van der Waals surface area contributed by atoms with Gasteiger partial charge in [0.05, 0.1) is 25.4 Å². The molecule has 0 aromatic heterocycles. The minimum absolute atomic E-state index is 0.0501. The lowest BCUT2D eigenvalue weighted by Gasteiger charge is -2.58. The van der Waals surface area contributed by atoms with E-state index in [0.717, 1.165) is 49.9 Å². The number of nitrogens with two attached hydrogens (primary N) is 1. The molecule has 1 heterocycles. The Balaban J connectivity index is 1.23. The lowest BCUT2D eigenvalue weighted by atomic mass is 9.47. The molecule has 1 saturated heterocycles. The van der Waals surface area contributed by atoms with Crippen LogP contribution in [0, 0.1) is 46.3 Å². The van der Waals surface area contributed by atoms with Crippen molar-refractivity contribution in [3.63, 3.8) is 0 Å². The van der Waals surface area contributed by atoms with E-state index in [-0.39, 0.29) is 30.0 Å². The third-order valence-corrected chi connectivity index (χ3v) is 11.6. The highest BCUT2D eigenvalue weighted by Crippen LogP contribution is 2.69. The number of rotatable bonds is 7. The van der Waals surface area contributed by atoms with Gasteiger partial charge in [0.2, 0.25) is 0 Å². The van der Waals surface area contributed by atoms with Crippen molar-refractivity contribution in [2.75, 3.05) is 13.2 Å². The summed E-state index contributed by atoms with van der Waals surface area (Å²) in [6.07, 6.45) is 13.4. The molecule has 0 spiro atoms. The second kappa shape index (κ2) is 10.3. The molecule has 0 amide bonds. The molecule has 3 saturated carbocycles. The molecule has 5 aliphatic rings. The molecule has 37 heavy (non-hydrogen) atoms. The summed E-state index contributed by atoms with van der Waals surface area (Å²) in [6, 6.07) is 0. The Kier molecular flexibility index (Phi) is 7.56. The van der Waals surface area contributed by atoms with E-state index in [1.165, 1.54) is 32.6 Å². The molecule has 1 aliphatic heterocycles. The maximum Gasteiger partial charge on any atom is 0.319 e. The number of allylic oxidation sites excluding steroid dienone is 1. The van der Waals surface area contributed by atoms with Crippen LogP contribution in [0.3, 0.4) is 0 Å². The van der Waals surface area contributed by atoms with Gasteiger partial charge in [-0.1, -0.05) is 39.3 Å². The highest BCUT2D eigenvalue weighted by atomic mass is 16.5. The smallest absolute Gasteiger partial charge is 0.319 e. The number of hydrogen-bond donors (Lipinski definition) is 1. The zero-order chi connectivity index (χ0) is 26.5. The minimum Gasteiger partial charge on any atom is -0.464 e. The molecule has 2 N–H and O–H groups in total. The van der Waals surface area contributed by atoms with E-state index in [9.17, 15) is 9.59 Å². The Hall–Kier alpha value is -1.40. The third kappa shape index (κ3) is 4.79. The van der Waals surface area contributed by atoms with Gasteiger partial charge in [0.25, 0.3) is 0 Å². The van der Waals surface area contributed by atoms with Crippen molar-refractivity contribution in [3.8, 4) is 0 Å². The van der Waals surface area contributed by atoms with Crippen molar-refractivity contribution >= 4 is 11.9 Å². The van der Waals surface area contributed by atoms with Gasteiger partial charge < -0.3 is 19.9 Å². The molecule has 208 valence electrons. The highest BCUT2D eigenvalue weighted by Gasteiger charge is 2.65. The molecular formula is C31H49NO5. The Morgan fingerprint density at radius 2 is 2.00 bits per heavy atom. The van der Waals surface area contributed by atoms with E-state index in [2.05, 4.69) is 33.8 Å². The lowest BCUT2D eigenvalue weighted by molar-refractivity contribution is -0.148. The van der Waals surface area contributed by atoms with Crippen LogP contribution < -0.4 is 5.73 Å². The Morgan fingerprint density at radius 1 is 1.22 bits per heavy atom. The first-order valence-corrected chi connectivity index (χ1v) is 14.9. The average molecular weight is 516 g/mol. The summed E-state index contributed by atoms with van der Waals surface area (Å²) in [6.45, 7) is 11.6. The zero-order valence-electron chi connectivity index (χ0n) is 23.7. The van der Waals surface area contributed by atoms with Crippen LogP contribution in [0.1, 0.15) is 92.4 Å².